The number of pyridine rings is 2. The maximum Gasteiger partial charge on any atom is 0.176 e. The van der Waals surface area contributed by atoms with Crippen LogP contribution in [0, 0.1) is 0 Å². The smallest absolute Gasteiger partial charge is 0.176 e. The molecule has 7 nitrogen and oxygen atoms in total. The van der Waals surface area contributed by atoms with E-state index in [1.165, 1.54) is 0 Å². The lowest BCUT2D eigenvalue weighted by Gasteiger charge is -2.42. The van der Waals surface area contributed by atoms with E-state index >= 15 is 0 Å². The summed E-state index contributed by atoms with van der Waals surface area (Å²) in [6, 6.07) is 15.7. The quantitative estimate of drug-likeness (QED) is 0.603. The molecule has 0 unspecified atom stereocenters. The van der Waals surface area contributed by atoms with Gasteiger partial charge in [0, 0.05) is 43.0 Å². The second-order valence-electron chi connectivity index (χ2n) is 8.35. The molecule has 0 radical (unpaired) electrons. The number of nitrogens with one attached hydrogen (secondary N) is 1. The molecule has 0 spiro atoms. The van der Waals surface area contributed by atoms with Gasteiger partial charge in [-0.1, -0.05) is 24.3 Å². The highest BCUT2D eigenvalue weighted by molar-refractivity contribution is 5.78. The molecule has 0 amide bonds. The summed E-state index contributed by atoms with van der Waals surface area (Å²) >= 11 is 0. The first-order valence-corrected chi connectivity index (χ1v) is 10.8. The monoisotopic (exact) mass is 420 g/mol. The van der Waals surface area contributed by atoms with E-state index in [4.69, 9.17) is 9.47 Å². The van der Waals surface area contributed by atoms with Crippen LogP contribution in [0.1, 0.15) is 11.3 Å². The van der Waals surface area contributed by atoms with Gasteiger partial charge in [0.25, 0.3) is 0 Å². The van der Waals surface area contributed by atoms with Gasteiger partial charge in [0.2, 0.25) is 0 Å². The van der Waals surface area contributed by atoms with Gasteiger partial charge in [0.1, 0.15) is 6.10 Å². The summed E-state index contributed by atoms with van der Waals surface area (Å²) in [7, 11) is 2.01. The summed E-state index contributed by atoms with van der Waals surface area (Å²) in [6.07, 6.45) is 3.32. The van der Waals surface area contributed by atoms with E-state index in [0.717, 1.165) is 35.1 Å². The minimum atomic E-state index is -0.603. The first-order valence-electron chi connectivity index (χ1n) is 10.8. The molecule has 2 bridgehead atoms. The number of fused-ring (bicyclic) bond motifs is 3. The zero-order chi connectivity index (χ0) is 21.2. The molecule has 5 rings (SSSR count). The molecule has 3 aromatic rings. The molecule has 31 heavy (non-hydrogen) atoms. The Hall–Kier alpha value is -2.42. The molecule has 0 saturated carbocycles. The molecule has 0 aliphatic carbocycles. The molecule has 2 aromatic heterocycles. The van der Waals surface area contributed by atoms with Crippen molar-refractivity contribution in [3.8, 4) is 0 Å². The first kappa shape index (κ1) is 20.5. The van der Waals surface area contributed by atoms with Crippen molar-refractivity contribution >= 4 is 10.9 Å². The van der Waals surface area contributed by atoms with Gasteiger partial charge in [-0.25, -0.2) is 0 Å². The number of hydrogen-bond donors (Lipinski definition) is 2. The zero-order valence-electron chi connectivity index (χ0n) is 17.6. The van der Waals surface area contributed by atoms with Gasteiger partial charge in [-0.2, -0.15) is 0 Å². The topological polar surface area (TPSA) is 79.7 Å². The van der Waals surface area contributed by atoms with Crippen molar-refractivity contribution in [2.24, 2.45) is 0 Å². The van der Waals surface area contributed by atoms with Gasteiger partial charge in [0.05, 0.1) is 30.3 Å². The Kier molecular flexibility index (Phi) is 5.93. The van der Waals surface area contributed by atoms with Gasteiger partial charge in [0.15, 0.2) is 6.29 Å². The largest absolute Gasteiger partial charge is 0.390 e. The van der Waals surface area contributed by atoms with Crippen molar-refractivity contribution in [2.75, 3.05) is 20.2 Å². The maximum atomic E-state index is 11.2. The maximum absolute atomic E-state index is 11.2. The van der Waals surface area contributed by atoms with Gasteiger partial charge >= 0.3 is 0 Å². The van der Waals surface area contributed by atoms with Crippen molar-refractivity contribution in [3.05, 3.63) is 72.2 Å². The lowest BCUT2D eigenvalue weighted by Crippen LogP contribution is -2.63. The van der Waals surface area contributed by atoms with Crippen LogP contribution >= 0.6 is 0 Å². The normalized spacial score (nSPS) is 27.8. The van der Waals surface area contributed by atoms with Crippen LogP contribution in [0.25, 0.3) is 10.9 Å². The predicted molar refractivity (Wildman–Crippen MR) is 117 cm³/mol. The van der Waals surface area contributed by atoms with E-state index < -0.39 is 12.4 Å². The van der Waals surface area contributed by atoms with E-state index in [-0.39, 0.29) is 18.2 Å². The molecule has 1 aromatic carbocycles. The Balaban J connectivity index is 1.25. The van der Waals surface area contributed by atoms with Gasteiger partial charge in [-0.15, -0.1) is 0 Å². The number of likely N-dealkylation sites (N-methyl/N-ethyl adjacent to an activating group) is 1. The van der Waals surface area contributed by atoms with Crippen LogP contribution < -0.4 is 5.32 Å². The number of nitrogens with zero attached hydrogens (tertiary/aromatic N) is 3. The Labute approximate surface area is 182 Å². The summed E-state index contributed by atoms with van der Waals surface area (Å²) < 4.78 is 12.0. The zero-order valence-corrected chi connectivity index (χ0v) is 17.6. The Bertz CT molecular complexity index is 1020. The van der Waals surface area contributed by atoms with Crippen LogP contribution in [0.5, 0.6) is 0 Å². The minimum Gasteiger partial charge on any atom is -0.390 e. The van der Waals surface area contributed by atoms with Crippen molar-refractivity contribution < 1.29 is 14.6 Å². The number of rotatable bonds is 7. The molecule has 7 heteroatoms. The number of hydrogen-bond acceptors (Lipinski definition) is 7. The van der Waals surface area contributed by atoms with Crippen LogP contribution in [0.2, 0.25) is 0 Å². The molecule has 2 fully saturated rings. The number of para-hydroxylation sites is 1. The summed E-state index contributed by atoms with van der Waals surface area (Å²) in [6.45, 7) is 1.85. The molecule has 2 aliphatic rings. The molecule has 4 heterocycles. The first-order chi connectivity index (χ1) is 15.2. The fraction of sp³-hybridized carbons (Fsp3) is 0.417. The van der Waals surface area contributed by atoms with Gasteiger partial charge in [-0.3, -0.25) is 14.9 Å². The van der Waals surface area contributed by atoms with E-state index in [9.17, 15) is 5.11 Å². The Morgan fingerprint density at radius 1 is 1.16 bits per heavy atom. The molecular weight excluding hydrogens is 392 g/mol. The molecule has 5 atom stereocenters. The van der Waals surface area contributed by atoms with Crippen LogP contribution in [-0.4, -0.2) is 70.8 Å². The predicted octanol–water partition coefficient (Wildman–Crippen LogP) is 1.75. The molecule has 2 N–H and O–H groups in total. The highest BCUT2D eigenvalue weighted by Gasteiger charge is 2.51. The highest BCUT2D eigenvalue weighted by Crippen LogP contribution is 2.31. The average molecular weight is 421 g/mol. The average Bonchev–Trinajstić information content (AvgIpc) is 3.23. The molecule has 2 saturated heterocycles. The minimum absolute atomic E-state index is 0.158. The summed E-state index contributed by atoms with van der Waals surface area (Å²) in [5.41, 5.74) is 3.09. The highest BCUT2D eigenvalue weighted by atomic mass is 16.7. The standard InChI is InChI=1S/C24H28N4O3/c1-28(11-9-18-7-4-5-10-25-18)22-23(29)21(20-15-30-24(22)31-20)27-14-16-12-17-6-2-3-8-19(17)26-13-16/h2-8,10,12-13,20-24,27,29H,9,11,14-15H2,1H3/t20-,21+,22-,23-,24+/m0/s1. The fourth-order valence-corrected chi connectivity index (χ4v) is 4.56. The molecular formula is C24H28N4O3. The van der Waals surface area contributed by atoms with Crippen LogP contribution in [0.3, 0.4) is 0 Å². The van der Waals surface area contributed by atoms with Gasteiger partial charge in [-0.05, 0) is 36.9 Å². The summed E-state index contributed by atoms with van der Waals surface area (Å²) in [4.78, 5) is 11.0. The van der Waals surface area contributed by atoms with E-state index in [1.807, 2.05) is 49.6 Å². The lowest BCUT2D eigenvalue weighted by molar-refractivity contribution is -0.178. The number of ether oxygens (including phenoxy) is 2. The van der Waals surface area contributed by atoms with E-state index in [2.05, 4.69) is 32.3 Å². The Morgan fingerprint density at radius 3 is 2.90 bits per heavy atom. The summed E-state index contributed by atoms with van der Waals surface area (Å²) in [5, 5.41) is 15.8. The second kappa shape index (κ2) is 8.98. The third-order valence-electron chi connectivity index (χ3n) is 6.28. The molecule has 162 valence electrons. The van der Waals surface area contributed by atoms with E-state index in [1.54, 1.807) is 6.20 Å². The van der Waals surface area contributed by atoms with Gasteiger partial charge < -0.3 is 19.9 Å². The van der Waals surface area contributed by atoms with Crippen LogP contribution in [0.15, 0.2) is 60.9 Å². The Morgan fingerprint density at radius 2 is 2.03 bits per heavy atom. The fourth-order valence-electron chi connectivity index (χ4n) is 4.56. The summed E-state index contributed by atoms with van der Waals surface area (Å²) in [5.74, 6) is 0. The number of aliphatic hydroxyl groups excluding tert-OH is 1. The molecule has 2 aliphatic heterocycles. The van der Waals surface area contributed by atoms with Crippen molar-refractivity contribution in [1.82, 2.24) is 20.2 Å². The van der Waals surface area contributed by atoms with Crippen molar-refractivity contribution in [2.45, 2.75) is 43.5 Å². The number of aliphatic hydroxyl groups is 1. The second-order valence-corrected chi connectivity index (χ2v) is 8.35. The number of benzene rings is 1. The van der Waals surface area contributed by atoms with E-state index in [0.29, 0.717) is 13.2 Å². The SMILES string of the molecule is CN(CCc1ccccn1)[C@@H]1[C@@H]2OC[C@H](O2)[C@@H](NCc2cnc3ccccc3c2)[C@@H]1O. The third-order valence-corrected chi connectivity index (χ3v) is 6.28. The number of aromatic nitrogens is 2. The van der Waals surface area contributed by atoms with Crippen LogP contribution in [0.4, 0.5) is 0 Å². The third kappa shape index (κ3) is 4.33. The van der Waals surface area contributed by atoms with Crippen LogP contribution in [-0.2, 0) is 22.4 Å². The lowest BCUT2D eigenvalue weighted by atomic mass is 9.94. The van der Waals surface area contributed by atoms with Crippen molar-refractivity contribution in [3.63, 3.8) is 0 Å². The van der Waals surface area contributed by atoms with Crippen molar-refractivity contribution in [1.29, 1.82) is 0 Å².